The number of carbonyl (C=O) groups is 1. The van der Waals surface area contributed by atoms with Crippen molar-refractivity contribution in [3.8, 4) is 0 Å². The highest BCUT2D eigenvalue weighted by atomic mass is 35.5. The monoisotopic (exact) mass is 575 g/mol. The molecular weight excluding hydrogens is 549 g/mol. The molecule has 5 aromatic rings. The summed E-state index contributed by atoms with van der Waals surface area (Å²) in [5.41, 5.74) is 6.30. The number of aromatic nitrogens is 4. The van der Waals surface area contributed by atoms with Crippen molar-refractivity contribution in [2.75, 3.05) is 13.2 Å². The van der Waals surface area contributed by atoms with Crippen LogP contribution in [0.4, 0.5) is 0 Å². The van der Waals surface area contributed by atoms with E-state index in [9.17, 15) is 9.90 Å². The molecule has 1 N–H and O–H groups in total. The van der Waals surface area contributed by atoms with Crippen molar-refractivity contribution in [3.05, 3.63) is 93.0 Å². The molecule has 7 rings (SSSR count). The number of benzene rings is 3. The molecule has 3 aromatic carbocycles. The molecule has 2 aromatic heterocycles. The Morgan fingerprint density at radius 3 is 2.67 bits per heavy atom. The van der Waals surface area contributed by atoms with Crippen LogP contribution >= 0.6 is 23.2 Å². The lowest BCUT2D eigenvalue weighted by molar-refractivity contribution is -0.0592. The molecule has 0 bridgehead atoms. The number of ether oxygens (including phenoxy) is 1. The minimum atomic E-state index is -0.940. The van der Waals surface area contributed by atoms with Crippen LogP contribution in [0, 0.1) is 0 Å². The van der Waals surface area contributed by atoms with Crippen molar-refractivity contribution in [3.63, 3.8) is 0 Å². The molecule has 1 saturated heterocycles. The molecule has 0 aliphatic carbocycles. The number of rotatable bonds is 7. The number of aromatic carboxylic acids is 1. The standard InChI is InChI=1S/C30H27Cl2N5O3/c31-22-6-4-18(13-23(22)32)12-19-2-1-3-25-29(19)34-28-17-35(9-10-36(25)28)16-27-33-24-7-5-20(30(38)39)14-26(24)37(27)15-21-8-11-40-21/h1-7,13-14,21H,8-12,15-17H2,(H,38,39)/t21-/m0/s1. The van der Waals surface area contributed by atoms with Crippen molar-refractivity contribution < 1.29 is 14.6 Å². The molecule has 0 amide bonds. The molecule has 8 nitrogen and oxygen atoms in total. The number of hydrogen-bond donors (Lipinski definition) is 1. The van der Waals surface area contributed by atoms with E-state index in [-0.39, 0.29) is 11.7 Å². The highest BCUT2D eigenvalue weighted by Crippen LogP contribution is 2.29. The smallest absolute Gasteiger partial charge is 0.335 e. The molecule has 40 heavy (non-hydrogen) atoms. The van der Waals surface area contributed by atoms with E-state index >= 15 is 0 Å². The molecule has 0 saturated carbocycles. The molecule has 204 valence electrons. The zero-order valence-electron chi connectivity index (χ0n) is 21.7. The maximum Gasteiger partial charge on any atom is 0.335 e. The van der Waals surface area contributed by atoms with Crippen molar-refractivity contribution in [2.45, 2.75) is 45.1 Å². The number of fused-ring (bicyclic) bond motifs is 4. The van der Waals surface area contributed by atoms with Gasteiger partial charge in [0.1, 0.15) is 11.6 Å². The van der Waals surface area contributed by atoms with E-state index in [0.29, 0.717) is 29.7 Å². The van der Waals surface area contributed by atoms with Gasteiger partial charge in [-0.3, -0.25) is 4.90 Å². The van der Waals surface area contributed by atoms with Crippen molar-refractivity contribution >= 4 is 51.2 Å². The van der Waals surface area contributed by atoms with Crippen LogP contribution in [0.5, 0.6) is 0 Å². The number of nitrogens with zero attached hydrogens (tertiary/aromatic N) is 5. The number of imidazole rings is 2. The Kier molecular flexibility index (Phi) is 6.51. The van der Waals surface area contributed by atoms with Crippen LogP contribution in [-0.2, 0) is 37.3 Å². The molecule has 0 spiro atoms. The predicted molar refractivity (Wildman–Crippen MR) is 154 cm³/mol. The lowest BCUT2D eigenvalue weighted by Crippen LogP contribution is -2.35. The summed E-state index contributed by atoms with van der Waals surface area (Å²) in [6.07, 6.45) is 1.85. The summed E-state index contributed by atoms with van der Waals surface area (Å²) in [5.74, 6) is 1.00. The molecule has 2 aliphatic rings. The van der Waals surface area contributed by atoms with Gasteiger partial charge in [-0.05, 0) is 60.4 Å². The van der Waals surface area contributed by atoms with Crippen LogP contribution < -0.4 is 0 Å². The van der Waals surface area contributed by atoms with Crippen molar-refractivity contribution in [1.82, 2.24) is 24.0 Å². The van der Waals surface area contributed by atoms with E-state index < -0.39 is 5.97 Å². The van der Waals surface area contributed by atoms with E-state index in [4.69, 9.17) is 37.9 Å². The minimum absolute atomic E-state index is 0.129. The highest BCUT2D eigenvalue weighted by Gasteiger charge is 2.26. The first-order valence-corrected chi connectivity index (χ1v) is 14.2. The molecular formula is C30H27Cl2N5O3. The molecule has 2 aliphatic heterocycles. The van der Waals surface area contributed by atoms with Gasteiger partial charge in [-0.1, -0.05) is 41.4 Å². The average molecular weight is 576 g/mol. The molecule has 0 unspecified atom stereocenters. The first-order chi connectivity index (χ1) is 19.4. The maximum atomic E-state index is 11.6. The highest BCUT2D eigenvalue weighted by molar-refractivity contribution is 6.42. The molecule has 1 atom stereocenters. The summed E-state index contributed by atoms with van der Waals surface area (Å²) in [5, 5.41) is 10.6. The summed E-state index contributed by atoms with van der Waals surface area (Å²) >= 11 is 12.4. The summed E-state index contributed by atoms with van der Waals surface area (Å²) in [6, 6.07) is 17.2. The third-order valence-corrected chi connectivity index (χ3v) is 8.68. The summed E-state index contributed by atoms with van der Waals surface area (Å²) in [6.45, 7) is 4.46. The van der Waals surface area contributed by atoms with E-state index in [1.807, 2.05) is 18.2 Å². The number of carboxylic acids is 1. The minimum Gasteiger partial charge on any atom is -0.478 e. The van der Waals surface area contributed by atoms with Gasteiger partial charge in [0.05, 0.1) is 63.4 Å². The van der Waals surface area contributed by atoms with Gasteiger partial charge < -0.3 is 19.0 Å². The molecule has 1 fully saturated rings. The second-order valence-corrected chi connectivity index (χ2v) is 11.3. The maximum absolute atomic E-state index is 11.6. The van der Waals surface area contributed by atoms with E-state index in [1.54, 1.807) is 18.2 Å². The van der Waals surface area contributed by atoms with E-state index in [0.717, 1.165) is 77.4 Å². The zero-order chi connectivity index (χ0) is 27.4. The second-order valence-electron chi connectivity index (χ2n) is 10.5. The zero-order valence-corrected chi connectivity index (χ0v) is 23.2. The van der Waals surface area contributed by atoms with Gasteiger partial charge in [-0.15, -0.1) is 0 Å². The fourth-order valence-corrected chi connectivity index (χ4v) is 6.07. The fraction of sp³-hybridized carbons (Fsp3) is 0.300. The van der Waals surface area contributed by atoms with Gasteiger partial charge >= 0.3 is 5.97 Å². The Labute approximate surface area is 240 Å². The lowest BCUT2D eigenvalue weighted by Gasteiger charge is -2.30. The van der Waals surface area contributed by atoms with E-state index in [2.05, 4.69) is 32.2 Å². The van der Waals surface area contributed by atoms with Gasteiger partial charge in [-0.25, -0.2) is 14.8 Å². The molecule has 4 heterocycles. The fourth-order valence-electron chi connectivity index (χ4n) is 5.75. The van der Waals surface area contributed by atoms with E-state index in [1.165, 1.54) is 0 Å². The topological polar surface area (TPSA) is 85.4 Å². The Balaban J connectivity index is 1.17. The first kappa shape index (κ1) is 25.5. The summed E-state index contributed by atoms with van der Waals surface area (Å²) < 4.78 is 10.2. The van der Waals surface area contributed by atoms with Gasteiger partial charge in [0.25, 0.3) is 0 Å². The Morgan fingerprint density at radius 1 is 1.02 bits per heavy atom. The van der Waals surface area contributed by atoms with Gasteiger partial charge in [0.15, 0.2) is 0 Å². The third-order valence-electron chi connectivity index (χ3n) is 7.94. The molecule has 10 heteroatoms. The Bertz CT molecular complexity index is 1770. The average Bonchev–Trinajstić information content (AvgIpc) is 3.45. The van der Waals surface area contributed by atoms with Crippen molar-refractivity contribution in [1.29, 1.82) is 0 Å². The third kappa shape index (κ3) is 4.65. The lowest BCUT2D eigenvalue weighted by atomic mass is 10.0. The Morgan fingerprint density at radius 2 is 1.90 bits per heavy atom. The number of halogens is 2. The van der Waals surface area contributed by atoms with Crippen LogP contribution in [0.25, 0.3) is 22.1 Å². The largest absolute Gasteiger partial charge is 0.478 e. The van der Waals surface area contributed by atoms with Crippen LogP contribution in [0.1, 0.15) is 39.6 Å². The van der Waals surface area contributed by atoms with Gasteiger partial charge in [0, 0.05) is 19.7 Å². The van der Waals surface area contributed by atoms with Crippen molar-refractivity contribution in [2.24, 2.45) is 0 Å². The normalized spacial score (nSPS) is 17.3. The van der Waals surface area contributed by atoms with Crippen LogP contribution in [0.2, 0.25) is 10.0 Å². The first-order valence-electron chi connectivity index (χ1n) is 13.4. The van der Waals surface area contributed by atoms with Crippen LogP contribution in [0.3, 0.4) is 0 Å². The predicted octanol–water partition coefficient (Wildman–Crippen LogP) is 5.79. The summed E-state index contributed by atoms with van der Waals surface area (Å²) in [7, 11) is 0. The van der Waals surface area contributed by atoms with Gasteiger partial charge in [0.2, 0.25) is 0 Å². The van der Waals surface area contributed by atoms with Crippen LogP contribution in [-0.4, -0.2) is 54.3 Å². The molecule has 0 radical (unpaired) electrons. The summed E-state index contributed by atoms with van der Waals surface area (Å²) in [4.78, 5) is 24.0. The number of carboxylic acid groups (broad SMARTS) is 1. The van der Waals surface area contributed by atoms with Crippen LogP contribution in [0.15, 0.2) is 54.6 Å². The quantitative estimate of drug-likeness (QED) is 0.264. The number of hydrogen-bond acceptors (Lipinski definition) is 5. The number of para-hydroxylation sites is 1. The van der Waals surface area contributed by atoms with Gasteiger partial charge in [-0.2, -0.15) is 0 Å². The second kappa shape index (κ2) is 10.2. The Hall–Kier alpha value is -3.43. The SMILES string of the molecule is O=C(O)c1ccc2nc(CN3CCn4c(nc5c(Cc6ccc(Cl)c(Cl)c6)cccc54)C3)n(C[C@@H]3CCO3)c2c1.